The fraction of sp³-hybridized carbons (Fsp3) is 0.333. The predicted molar refractivity (Wildman–Crippen MR) is 63.8 cm³/mol. The van der Waals surface area contributed by atoms with Gasteiger partial charge in [0.05, 0.1) is 6.61 Å². The molecule has 0 amide bonds. The Bertz CT molecular complexity index is 444. The highest BCUT2D eigenvalue weighted by Crippen LogP contribution is 2.41. The smallest absolute Gasteiger partial charge is 0.169 e. The fourth-order valence-electron chi connectivity index (χ4n) is 1.67. The van der Waals surface area contributed by atoms with E-state index in [1.165, 1.54) is 6.07 Å². The van der Waals surface area contributed by atoms with Gasteiger partial charge >= 0.3 is 0 Å². The molecule has 1 aliphatic heterocycles. The standard InChI is InChI=1S/C12H13ClO4/c1-7(13)4-9-10(15)2-3-11-12(9)17-8(5-14)6-16-11/h2-3,8,14-15H,1,4-6H2. The lowest BCUT2D eigenvalue weighted by Gasteiger charge is -2.27. The number of benzene rings is 1. The van der Waals surface area contributed by atoms with Gasteiger partial charge in [-0.1, -0.05) is 18.2 Å². The molecule has 0 fully saturated rings. The molecule has 0 saturated heterocycles. The Morgan fingerprint density at radius 3 is 2.94 bits per heavy atom. The van der Waals surface area contributed by atoms with Crippen molar-refractivity contribution >= 4 is 11.6 Å². The molecule has 0 aliphatic carbocycles. The van der Waals surface area contributed by atoms with Gasteiger partial charge in [0, 0.05) is 17.0 Å². The summed E-state index contributed by atoms with van der Waals surface area (Å²) >= 11 is 5.75. The number of allylic oxidation sites excluding steroid dienone is 1. The van der Waals surface area contributed by atoms with E-state index in [9.17, 15) is 5.11 Å². The molecule has 0 aromatic heterocycles. The van der Waals surface area contributed by atoms with Gasteiger partial charge in [-0.15, -0.1) is 0 Å². The van der Waals surface area contributed by atoms with Crippen LogP contribution in [0.2, 0.25) is 0 Å². The number of aliphatic hydroxyl groups excluding tert-OH is 1. The van der Waals surface area contributed by atoms with Crippen LogP contribution in [0, 0.1) is 0 Å². The van der Waals surface area contributed by atoms with Gasteiger partial charge in [-0.05, 0) is 12.1 Å². The first kappa shape index (κ1) is 12.1. The van der Waals surface area contributed by atoms with Gasteiger partial charge in [-0.2, -0.15) is 0 Å². The first-order chi connectivity index (χ1) is 8.11. The zero-order valence-corrected chi connectivity index (χ0v) is 9.91. The highest BCUT2D eigenvalue weighted by Gasteiger charge is 2.25. The molecule has 92 valence electrons. The van der Waals surface area contributed by atoms with Crippen molar-refractivity contribution in [1.82, 2.24) is 0 Å². The van der Waals surface area contributed by atoms with Crippen LogP contribution in [0.25, 0.3) is 0 Å². The van der Waals surface area contributed by atoms with Gasteiger partial charge in [-0.3, -0.25) is 0 Å². The summed E-state index contributed by atoms with van der Waals surface area (Å²) in [7, 11) is 0. The maximum atomic E-state index is 9.78. The van der Waals surface area contributed by atoms with Gasteiger partial charge in [0.15, 0.2) is 17.6 Å². The summed E-state index contributed by atoms with van der Waals surface area (Å²) < 4.78 is 11.0. The first-order valence-electron chi connectivity index (χ1n) is 5.20. The number of rotatable bonds is 3. The van der Waals surface area contributed by atoms with Gasteiger partial charge in [0.2, 0.25) is 0 Å². The second-order valence-corrected chi connectivity index (χ2v) is 4.35. The lowest BCUT2D eigenvalue weighted by atomic mass is 10.1. The molecule has 5 heteroatoms. The van der Waals surface area contributed by atoms with Crippen molar-refractivity contribution in [3.05, 3.63) is 29.3 Å². The van der Waals surface area contributed by atoms with Crippen LogP contribution in [0.1, 0.15) is 5.56 Å². The second kappa shape index (κ2) is 4.85. The molecular weight excluding hydrogens is 244 g/mol. The molecule has 0 bridgehead atoms. The van der Waals surface area contributed by atoms with E-state index in [-0.39, 0.29) is 25.4 Å². The number of phenols is 1. The zero-order chi connectivity index (χ0) is 12.4. The second-order valence-electron chi connectivity index (χ2n) is 3.82. The number of aromatic hydroxyl groups is 1. The summed E-state index contributed by atoms with van der Waals surface area (Å²) in [5.74, 6) is 1.05. The topological polar surface area (TPSA) is 58.9 Å². The highest BCUT2D eigenvalue weighted by molar-refractivity contribution is 6.29. The molecule has 0 radical (unpaired) electrons. The molecule has 17 heavy (non-hydrogen) atoms. The Hall–Kier alpha value is -1.39. The molecule has 0 spiro atoms. The molecule has 1 unspecified atom stereocenters. The van der Waals surface area contributed by atoms with E-state index in [0.717, 1.165) is 0 Å². The molecular formula is C12H13ClO4. The lowest BCUT2D eigenvalue weighted by Crippen LogP contribution is -2.32. The Morgan fingerprint density at radius 1 is 1.53 bits per heavy atom. The van der Waals surface area contributed by atoms with Crippen molar-refractivity contribution in [3.8, 4) is 17.2 Å². The van der Waals surface area contributed by atoms with E-state index in [1.807, 2.05) is 0 Å². The number of halogens is 1. The van der Waals surface area contributed by atoms with Crippen LogP contribution in [0.4, 0.5) is 0 Å². The summed E-state index contributed by atoms with van der Waals surface area (Å²) in [6.07, 6.45) is -0.135. The third-order valence-corrected chi connectivity index (χ3v) is 2.61. The van der Waals surface area contributed by atoms with Crippen LogP contribution in [0.3, 0.4) is 0 Å². The minimum atomic E-state index is -0.424. The Labute approximate surface area is 104 Å². The normalized spacial score (nSPS) is 17.9. The number of fused-ring (bicyclic) bond motifs is 1. The van der Waals surface area contributed by atoms with Gasteiger partial charge < -0.3 is 19.7 Å². The largest absolute Gasteiger partial charge is 0.508 e. The maximum Gasteiger partial charge on any atom is 0.169 e. The fourth-order valence-corrected chi connectivity index (χ4v) is 1.81. The summed E-state index contributed by atoms with van der Waals surface area (Å²) in [4.78, 5) is 0. The summed E-state index contributed by atoms with van der Waals surface area (Å²) in [6.45, 7) is 3.73. The summed E-state index contributed by atoms with van der Waals surface area (Å²) in [5.41, 5.74) is 0.528. The minimum absolute atomic E-state index is 0.0766. The van der Waals surface area contributed by atoms with Crippen LogP contribution in [-0.4, -0.2) is 29.5 Å². The van der Waals surface area contributed by atoms with E-state index in [2.05, 4.69) is 6.58 Å². The molecule has 1 aromatic carbocycles. The summed E-state index contributed by atoms with van der Waals surface area (Å²) in [5, 5.41) is 19.2. The van der Waals surface area contributed by atoms with Crippen molar-refractivity contribution < 1.29 is 19.7 Å². The van der Waals surface area contributed by atoms with Gasteiger partial charge in [0.1, 0.15) is 12.4 Å². The third kappa shape index (κ3) is 2.48. The van der Waals surface area contributed by atoms with Crippen molar-refractivity contribution in [1.29, 1.82) is 0 Å². The van der Waals surface area contributed by atoms with Gasteiger partial charge in [0.25, 0.3) is 0 Å². The van der Waals surface area contributed by atoms with Crippen LogP contribution in [0.15, 0.2) is 23.7 Å². The monoisotopic (exact) mass is 256 g/mol. The number of ether oxygens (including phenoxy) is 2. The van der Waals surface area contributed by atoms with Crippen molar-refractivity contribution in [2.45, 2.75) is 12.5 Å². The van der Waals surface area contributed by atoms with Crippen LogP contribution < -0.4 is 9.47 Å². The molecule has 1 heterocycles. The Morgan fingerprint density at radius 2 is 2.29 bits per heavy atom. The van der Waals surface area contributed by atoms with E-state index in [1.54, 1.807) is 6.07 Å². The minimum Gasteiger partial charge on any atom is -0.508 e. The molecule has 2 rings (SSSR count). The predicted octanol–water partition coefficient (Wildman–Crippen LogP) is 1.82. The average molecular weight is 257 g/mol. The highest BCUT2D eigenvalue weighted by atomic mass is 35.5. The maximum absolute atomic E-state index is 9.78. The van der Waals surface area contributed by atoms with Crippen LogP contribution >= 0.6 is 11.6 Å². The SMILES string of the molecule is C=C(Cl)Cc1c(O)ccc2c1OC(CO)CO2. The van der Waals surface area contributed by atoms with E-state index in [4.69, 9.17) is 26.2 Å². The zero-order valence-electron chi connectivity index (χ0n) is 9.15. The molecule has 1 atom stereocenters. The molecule has 1 aromatic rings. The van der Waals surface area contributed by atoms with Crippen molar-refractivity contribution in [2.75, 3.05) is 13.2 Å². The summed E-state index contributed by atoms with van der Waals surface area (Å²) in [6, 6.07) is 3.15. The lowest BCUT2D eigenvalue weighted by molar-refractivity contribution is 0.0445. The Balaban J connectivity index is 2.40. The van der Waals surface area contributed by atoms with Crippen molar-refractivity contribution in [3.63, 3.8) is 0 Å². The van der Waals surface area contributed by atoms with Crippen LogP contribution in [-0.2, 0) is 6.42 Å². The molecule has 1 aliphatic rings. The number of phenolic OH excluding ortho intramolecular Hbond substituents is 1. The molecule has 4 nitrogen and oxygen atoms in total. The number of aliphatic hydroxyl groups is 1. The van der Waals surface area contributed by atoms with Crippen LogP contribution in [0.5, 0.6) is 17.2 Å². The number of hydrogen-bond donors (Lipinski definition) is 2. The van der Waals surface area contributed by atoms with E-state index < -0.39 is 6.10 Å². The van der Waals surface area contributed by atoms with E-state index in [0.29, 0.717) is 22.1 Å². The van der Waals surface area contributed by atoms with Crippen molar-refractivity contribution in [2.24, 2.45) is 0 Å². The average Bonchev–Trinajstić information content (AvgIpc) is 2.32. The molecule has 2 N–H and O–H groups in total. The first-order valence-corrected chi connectivity index (χ1v) is 5.58. The third-order valence-electron chi connectivity index (χ3n) is 2.48. The van der Waals surface area contributed by atoms with E-state index >= 15 is 0 Å². The quantitative estimate of drug-likeness (QED) is 0.866. The number of hydrogen-bond acceptors (Lipinski definition) is 4. The van der Waals surface area contributed by atoms with Gasteiger partial charge in [-0.25, -0.2) is 0 Å². The molecule has 0 saturated carbocycles. The Kier molecular flexibility index (Phi) is 3.45.